The van der Waals surface area contributed by atoms with Gasteiger partial charge in [-0.2, -0.15) is 0 Å². The molecule has 9 aromatic carbocycles. The van der Waals surface area contributed by atoms with Crippen LogP contribution in [0.15, 0.2) is 194 Å². The van der Waals surface area contributed by atoms with Gasteiger partial charge in [0.2, 0.25) is 0 Å². The van der Waals surface area contributed by atoms with Crippen LogP contribution >= 0.6 is 0 Å². The highest BCUT2D eigenvalue weighted by Crippen LogP contribution is 2.36. The minimum atomic E-state index is 0.603. The summed E-state index contributed by atoms with van der Waals surface area (Å²) in [5.41, 5.74) is 14.5. The minimum absolute atomic E-state index is 0.603. The fraction of sp³-hybridized carbons (Fsp3) is 0.229. The maximum atomic E-state index is 4.17. The second-order valence-corrected chi connectivity index (χ2v) is 19.6. The van der Waals surface area contributed by atoms with Gasteiger partial charge in [0.25, 0.3) is 0 Å². The summed E-state index contributed by atoms with van der Waals surface area (Å²) >= 11 is 0. The van der Waals surface area contributed by atoms with Gasteiger partial charge in [0.15, 0.2) is 0 Å². The number of rotatable bonds is 20. The lowest BCUT2D eigenvalue weighted by Crippen LogP contribution is -2.21. The molecule has 0 aromatic heterocycles. The third-order valence-corrected chi connectivity index (χ3v) is 15.0. The first-order valence-corrected chi connectivity index (χ1v) is 27.2. The Balaban J connectivity index is 0.957. The molecule has 0 aliphatic rings. The molecule has 9 rings (SSSR count). The summed E-state index contributed by atoms with van der Waals surface area (Å²) in [6, 6.07) is 72.0. The van der Waals surface area contributed by atoms with Crippen molar-refractivity contribution in [3.8, 4) is 0 Å². The van der Waals surface area contributed by atoms with Crippen LogP contribution in [0.2, 0.25) is 0 Å². The van der Waals surface area contributed by atoms with Crippen LogP contribution in [0.1, 0.15) is 94.2 Å². The maximum absolute atomic E-state index is 4.17. The number of nitrogens with zero attached hydrogens (tertiary/aromatic N) is 2. The Kier molecular flexibility index (Phi) is 16.8. The number of fused-ring (bicyclic) bond motifs is 2. The number of benzene rings is 9. The highest BCUT2D eigenvalue weighted by atomic mass is 15.1. The summed E-state index contributed by atoms with van der Waals surface area (Å²) in [6.07, 6.45) is 6.05. The lowest BCUT2D eigenvalue weighted by Gasteiger charge is -2.22. The van der Waals surface area contributed by atoms with Gasteiger partial charge in [-0.3, -0.25) is 0 Å². The molecule has 374 valence electrons. The third kappa shape index (κ3) is 11.5. The Morgan fingerprint density at radius 1 is 0.446 bits per heavy atom. The van der Waals surface area contributed by atoms with Gasteiger partial charge in [0.05, 0.1) is 0 Å². The number of anilines is 4. The van der Waals surface area contributed by atoms with E-state index in [1.54, 1.807) is 0 Å². The molecule has 0 heterocycles. The van der Waals surface area contributed by atoms with Gasteiger partial charge < -0.3 is 20.4 Å². The zero-order valence-corrected chi connectivity index (χ0v) is 44.6. The average molecular weight is 971 g/mol. The smallest absolute Gasteiger partial charge is 0.0422 e. The summed E-state index contributed by atoms with van der Waals surface area (Å²) in [6.45, 7) is 23.0. The van der Waals surface area contributed by atoms with Crippen LogP contribution < -0.4 is 41.3 Å². The number of hydrogen-bond acceptors (Lipinski definition) is 4. The van der Waals surface area contributed by atoms with E-state index in [1.807, 2.05) is 0 Å². The van der Waals surface area contributed by atoms with Gasteiger partial charge in [-0.05, 0) is 159 Å². The van der Waals surface area contributed by atoms with E-state index in [0.717, 1.165) is 49.3 Å². The molecule has 0 saturated heterocycles. The van der Waals surface area contributed by atoms with Crippen LogP contribution in [0.3, 0.4) is 0 Å². The highest BCUT2D eigenvalue weighted by molar-refractivity contribution is 6.04. The standard InChI is InChI=1S/C70H74N4/c1-8-18-51(9-2)47-52-29-33-56(34-30-52)70(58-37-41-60(42-38-58)74(12-5)13-6)66-44-46-68(64-22-17-15-20-62(64)66)72-49-54-27-25-53(26-28-54)48-71-67-45-43-65(61-19-14-16-21-63(61)67)69(55-31-23-50(7)24-32-55)57-35-39-59(40-36-57)73(10-3)11-4/h14-17,19-47,51,71-72H,7-13,18,48-49H2,1-6H3. The summed E-state index contributed by atoms with van der Waals surface area (Å²) < 4.78 is 0. The third-order valence-electron chi connectivity index (χ3n) is 15.0. The molecule has 0 saturated carbocycles. The van der Waals surface area contributed by atoms with Crippen LogP contribution in [-0.4, -0.2) is 26.2 Å². The monoisotopic (exact) mass is 971 g/mol. The van der Waals surface area contributed by atoms with Crippen LogP contribution in [0.25, 0.3) is 45.3 Å². The van der Waals surface area contributed by atoms with E-state index >= 15 is 0 Å². The molecule has 4 heteroatoms. The molecule has 0 amide bonds. The molecule has 1 atom stereocenters. The normalized spacial score (nSPS) is 11.6. The molecule has 0 bridgehead atoms. The molecule has 0 radical (unpaired) electrons. The zero-order chi connectivity index (χ0) is 51.4. The minimum Gasteiger partial charge on any atom is -0.380 e. The molecule has 0 aliphatic heterocycles. The van der Waals surface area contributed by atoms with Crippen LogP contribution in [0.5, 0.6) is 0 Å². The lowest BCUT2D eigenvalue weighted by molar-refractivity contribution is 0.590. The van der Waals surface area contributed by atoms with E-state index in [2.05, 4.69) is 269 Å². The van der Waals surface area contributed by atoms with Crippen LogP contribution in [0.4, 0.5) is 22.7 Å². The van der Waals surface area contributed by atoms with Gasteiger partial charge >= 0.3 is 0 Å². The molecular weight excluding hydrogens is 897 g/mol. The summed E-state index contributed by atoms with van der Waals surface area (Å²) in [7, 11) is 0. The van der Waals surface area contributed by atoms with Gasteiger partial charge in [0.1, 0.15) is 0 Å². The highest BCUT2D eigenvalue weighted by Gasteiger charge is 2.16. The SMILES string of the molecule is C=c1ccc(=C(c2ccc(N(CC)CC)cc2)c2ccc(NCc3ccc(CNc4ccc(C(c5ccc(N(CC)CC)cc5)=c5ccc(=CC(CC)CCC)cc5)c5ccccc45)cc3)c3ccccc23)cc1. The summed E-state index contributed by atoms with van der Waals surface area (Å²) in [5.74, 6) is 0.603. The molecule has 1 unspecified atom stereocenters. The Morgan fingerprint density at radius 3 is 1.24 bits per heavy atom. The van der Waals surface area contributed by atoms with Crippen molar-refractivity contribution in [1.82, 2.24) is 0 Å². The van der Waals surface area contributed by atoms with Gasteiger partial charge in [-0.15, -0.1) is 0 Å². The predicted molar refractivity (Wildman–Crippen MR) is 322 cm³/mol. The molecule has 0 aliphatic carbocycles. The molecular formula is C70H74N4. The second kappa shape index (κ2) is 24.3. The molecule has 9 aromatic rings. The lowest BCUT2D eigenvalue weighted by atomic mass is 9.90. The van der Waals surface area contributed by atoms with E-state index in [4.69, 9.17) is 0 Å². The summed E-state index contributed by atoms with van der Waals surface area (Å²) in [4.78, 5) is 4.80. The maximum Gasteiger partial charge on any atom is 0.0422 e. The molecule has 4 nitrogen and oxygen atoms in total. The van der Waals surface area contributed by atoms with Crippen molar-refractivity contribution in [2.45, 2.75) is 73.9 Å². The fourth-order valence-electron chi connectivity index (χ4n) is 10.8. The Bertz CT molecular complexity index is 3520. The van der Waals surface area contributed by atoms with E-state index in [0.29, 0.717) is 12.5 Å². The second-order valence-electron chi connectivity index (χ2n) is 19.6. The van der Waals surface area contributed by atoms with Crippen LogP contribution in [0, 0.1) is 5.92 Å². The quantitative estimate of drug-likeness (QED) is 0.0797. The predicted octanol–water partition coefficient (Wildman–Crippen LogP) is 14.4. The Hall–Kier alpha value is -7.82. The zero-order valence-electron chi connectivity index (χ0n) is 44.6. The van der Waals surface area contributed by atoms with Crippen molar-refractivity contribution in [1.29, 1.82) is 0 Å². The van der Waals surface area contributed by atoms with E-state index in [-0.39, 0.29) is 0 Å². The van der Waals surface area contributed by atoms with Crippen LogP contribution in [-0.2, 0) is 13.1 Å². The molecule has 0 fully saturated rings. The number of hydrogen-bond donors (Lipinski definition) is 2. The van der Waals surface area contributed by atoms with Crippen molar-refractivity contribution in [3.05, 3.63) is 248 Å². The number of nitrogens with one attached hydrogen (secondary N) is 2. The first-order chi connectivity index (χ1) is 36.3. The van der Waals surface area contributed by atoms with E-state index in [1.165, 1.54) is 112 Å². The molecule has 74 heavy (non-hydrogen) atoms. The van der Waals surface area contributed by atoms with Crippen molar-refractivity contribution in [2.75, 3.05) is 46.6 Å². The first kappa shape index (κ1) is 51.1. The van der Waals surface area contributed by atoms with Crippen molar-refractivity contribution < 1.29 is 0 Å². The van der Waals surface area contributed by atoms with Gasteiger partial charge in [-0.25, -0.2) is 0 Å². The average Bonchev–Trinajstić information content (AvgIpc) is 3.45. The Labute approximate surface area is 440 Å². The van der Waals surface area contributed by atoms with E-state index < -0.39 is 0 Å². The van der Waals surface area contributed by atoms with Crippen molar-refractivity contribution >= 4 is 68.1 Å². The van der Waals surface area contributed by atoms with Gasteiger partial charge in [-0.1, -0.05) is 191 Å². The van der Waals surface area contributed by atoms with Gasteiger partial charge in [0, 0.05) is 72.8 Å². The molecule has 2 N–H and O–H groups in total. The Morgan fingerprint density at radius 2 is 0.851 bits per heavy atom. The molecule has 0 spiro atoms. The summed E-state index contributed by atoms with van der Waals surface area (Å²) in [5, 5.41) is 17.2. The van der Waals surface area contributed by atoms with E-state index in [9.17, 15) is 0 Å². The first-order valence-electron chi connectivity index (χ1n) is 27.2. The van der Waals surface area contributed by atoms with Crippen molar-refractivity contribution in [2.24, 2.45) is 5.92 Å². The fourth-order valence-corrected chi connectivity index (χ4v) is 10.8. The largest absolute Gasteiger partial charge is 0.380 e. The topological polar surface area (TPSA) is 30.5 Å². The van der Waals surface area contributed by atoms with Crippen molar-refractivity contribution in [3.63, 3.8) is 0 Å².